The topological polar surface area (TPSA) is 50.8 Å². The lowest BCUT2D eigenvalue weighted by molar-refractivity contribution is -0.0134. The molecule has 138 valence electrons. The van der Waals surface area contributed by atoms with Gasteiger partial charge in [-0.1, -0.05) is 23.2 Å². The van der Waals surface area contributed by atoms with Gasteiger partial charge >= 0.3 is 6.03 Å². The van der Waals surface area contributed by atoms with Gasteiger partial charge in [0.15, 0.2) is 0 Å². The molecule has 1 aliphatic heterocycles. The summed E-state index contributed by atoms with van der Waals surface area (Å²) in [5.74, 6) is 0.773. The molecule has 0 saturated carbocycles. The zero-order chi connectivity index (χ0) is 18.5. The van der Waals surface area contributed by atoms with Crippen molar-refractivity contribution in [2.75, 3.05) is 31.6 Å². The number of hydrogen-bond donors (Lipinski definition) is 1. The fraction of sp³-hybridized carbons (Fsp3) is 0.316. The summed E-state index contributed by atoms with van der Waals surface area (Å²) < 4.78 is 11.2. The van der Waals surface area contributed by atoms with E-state index >= 15 is 0 Å². The number of hydrogen-bond acceptors (Lipinski definition) is 3. The average Bonchev–Trinajstić information content (AvgIpc) is 2.63. The van der Waals surface area contributed by atoms with E-state index in [4.69, 9.17) is 32.7 Å². The van der Waals surface area contributed by atoms with Crippen molar-refractivity contribution in [2.45, 2.75) is 13.0 Å². The molecule has 7 heteroatoms. The highest BCUT2D eigenvalue weighted by molar-refractivity contribution is 6.34. The van der Waals surface area contributed by atoms with Crippen molar-refractivity contribution in [2.24, 2.45) is 0 Å². The molecule has 1 saturated heterocycles. The van der Waals surface area contributed by atoms with Crippen LogP contribution in [0.4, 0.5) is 10.5 Å². The van der Waals surface area contributed by atoms with Crippen LogP contribution in [-0.4, -0.2) is 37.2 Å². The molecule has 2 aromatic carbocycles. The monoisotopic (exact) mass is 394 g/mol. The van der Waals surface area contributed by atoms with Gasteiger partial charge in [0, 0.05) is 22.3 Å². The number of anilines is 1. The lowest BCUT2D eigenvalue weighted by atomic mass is 10.1. The first kappa shape index (κ1) is 18.8. The molecule has 1 fully saturated rings. The minimum absolute atomic E-state index is 0.171. The lowest BCUT2D eigenvalue weighted by Crippen LogP contribution is -2.44. The molecule has 1 atom stereocenters. The van der Waals surface area contributed by atoms with Crippen LogP contribution < -0.4 is 10.1 Å². The second-order valence-corrected chi connectivity index (χ2v) is 6.77. The number of nitrogens with zero attached hydrogens (tertiary/aromatic N) is 1. The van der Waals surface area contributed by atoms with Crippen molar-refractivity contribution in [3.63, 3.8) is 0 Å². The van der Waals surface area contributed by atoms with Crippen LogP contribution in [0.5, 0.6) is 5.75 Å². The Kier molecular flexibility index (Phi) is 6.25. The molecule has 0 radical (unpaired) electrons. The quantitative estimate of drug-likeness (QED) is 0.793. The summed E-state index contributed by atoms with van der Waals surface area (Å²) >= 11 is 12.1. The number of nitrogens with one attached hydrogen (secondary N) is 1. The molecule has 5 nitrogen and oxygen atoms in total. The Labute approximate surface area is 162 Å². The highest BCUT2D eigenvalue weighted by Gasteiger charge is 2.26. The Balaban J connectivity index is 1.64. The lowest BCUT2D eigenvalue weighted by Gasteiger charge is -2.33. The molecule has 2 aromatic rings. The predicted octanol–water partition coefficient (Wildman–Crippen LogP) is 5.00. The van der Waals surface area contributed by atoms with E-state index in [0.29, 0.717) is 42.0 Å². The molecule has 0 aromatic heterocycles. The summed E-state index contributed by atoms with van der Waals surface area (Å²) in [5, 5.41) is 4.00. The van der Waals surface area contributed by atoms with Crippen molar-refractivity contribution in [3.05, 3.63) is 58.1 Å². The van der Waals surface area contributed by atoms with Crippen LogP contribution in [0.15, 0.2) is 42.5 Å². The fourth-order valence-electron chi connectivity index (χ4n) is 2.80. The Morgan fingerprint density at radius 1 is 1.23 bits per heavy atom. The molecule has 1 heterocycles. The standard InChI is InChI=1S/C19H20Cl2N2O3/c1-2-25-17-5-3-16(4-6-17)22-19(24)23-7-8-26-18(12-23)13-9-14(20)11-15(21)10-13/h3-6,9-11,18H,2,7-8,12H2,1H3,(H,22,24). The molecular weight excluding hydrogens is 375 g/mol. The van der Waals surface area contributed by atoms with Gasteiger partial charge in [0.1, 0.15) is 11.9 Å². The van der Waals surface area contributed by atoms with Gasteiger partial charge in [-0.2, -0.15) is 0 Å². The van der Waals surface area contributed by atoms with Gasteiger partial charge in [0.25, 0.3) is 0 Å². The van der Waals surface area contributed by atoms with E-state index in [-0.39, 0.29) is 12.1 Å². The smallest absolute Gasteiger partial charge is 0.322 e. The van der Waals surface area contributed by atoms with E-state index < -0.39 is 0 Å². The maximum atomic E-state index is 12.6. The van der Waals surface area contributed by atoms with Crippen molar-refractivity contribution in [1.29, 1.82) is 0 Å². The molecule has 3 rings (SSSR count). The Morgan fingerprint density at radius 3 is 2.58 bits per heavy atom. The van der Waals surface area contributed by atoms with E-state index in [1.807, 2.05) is 43.3 Å². The first-order valence-electron chi connectivity index (χ1n) is 8.41. The molecule has 0 bridgehead atoms. The number of benzene rings is 2. The zero-order valence-corrected chi connectivity index (χ0v) is 15.9. The fourth-order valence-corrected chi connectivity index (χ4v) is 3.34. The third-order valence-corrected chi connectivity index (χ3v) is 4.46. The van der Waals surface area contributed by atoms with Crippen LogP contribution in [-0.2, 0) is 4.74 Å². The summed E-state index contributed by atoms with van der Waals surface area (Å²) in [6.45, 7) is 3.94. The first-order valence-corrected chi connectivity index (χ1v) is 9.17. The number of morpholine rings is 1. The summed E-state index contributed by atoms with van der Waals surface area (Å²) in [7, 11) is 0. The van der Waals surface area contributed by atoms with E-state index in [1.54, 1.807) is 11.0 Å². The van der Waals surface area contributed by atoms with Crippen LogP contribution in [0.3, 0.4) is 0 Å². The molecule has 1 N–H and O–H groups in total. The number of carbonyl (C=O) groups is 1. The number of urea groups is 1. The number of amides is 2. The third-order valence-electron chi connectivity index (χ3n) is 4.03. The SMILES string of the molecule is CCOc1ccc(NC(=O)N2CCOC(c3cc(Cl)cc(Cl)c3)C2)cc1. The van der Waals surface area contributed by atoms with Gasteiger partial charge in [-0.25, -0.2) is 4.79 Å². The summed E-state index contributed by atoms with van der Waals surface area (Å²) in [6.07, 6.45) is -0.258. The number of carbonyl (C=O) groups excluding carboxylic acids is 1. The zero-order valence-electron chi connectivity index (χ0n) is 14.4. The summed E-state index contributed by atoms with van der Waals surface area (Å²) in [4.78, 5) is 14.3. The molecule has 0 aliphatic carbocycles. The van der Waals surface area contributed by atoms with Crippen molar-refractivity contribution in [3.8, 4) is 5.75 Å². The Hall–Kier alpha value is -1.95. The van der Waals surface area contributed by atoms with E-state index in [2.05, 4.69) is 5.32 Å². The van der Waals surface area contributed by atoms with Gasteiger partial charge in [-0.05, 0) is 55.0 Å². The van der Waals surface area contributed by atoms with Gasteiger partial charge in [0.2, 0.25) is 0 Å². The van der Waals surface area contributed by atoms with Gasteiger partial charge in [0.05, 0.1) is 19.8 Å². The number of rotatable bonds is 4. The molecule has 1 aliphatic rings. The molecule has 1 unspecified atom stereocenters. The largest absolute Gasteiger partial charge is 0.494 e. The maximum absolute atomic E-state index is 12.6. The minimum atomic E-state index is -0.258. The highest BCUT2D eigenvalue weighted by Crippen LogP contribution is 2.28. The van der Waals surface area contributed by atoms with Crippen LogP contribution in [0.1, 0.15) is 18.6 Å². The highest BCUT2D eigenvalue weighted by atomic mass is 35.5. The second-order valence-electron chi connectivity index (χ2n) is 5.90. The molecule has 2 amide bonds. The van der Waals surface area contributed by atoms with Gasteiger partial charge < -0.3 is 19.7 Å². The van der Waals surface area contributed by atoms with Crippen molar-refractivity contribution < 1.29 is 14.3 Å². The Bertz CT molecular complexity index is 748. The van der Waals surface area contributed by atoms with Crippen LogP contribution in [0, 0.1) is 0 Å². The average molecular weight is 395 g/mol. The van der Waals surface area contributed by atoms with Gasteiger partial charge in [-0.15, -0.1) is 0 Å². The van der Waals surface area contributed by atoms with E-state index in [0.717, 1.165) is 11.3 Å². The number of halogens is 2. The first-order chi connectivity index (χ1) is 12.5. The Morgan fingerprint density at radius 2 is 1.92 bits per heavy atom. The number of ether oxygens (including phenoxy) is 2. The van der Waals surface area contributed by atoms with Crippen molar-refractivity contribution in [1.82, 2.24) is 4.90 Å². The summed E-state index contributed by atoms with van der Waals surface area (Å²) in [5.41, 5.74) is 1.58. The van der Waals surface area contributed by atoms with Crippen LogP contribution in [0.25, 0.3) is 0 Å². The molecular formula is C19H20Cl2N2O3. The molecule has 26 heavy (non-hydrogen) atoms. The van der Waals surface area contributed by atoms with Crippen LogP contribution >= 0.6 is 23.2 Å². The maximum Gasteiger partial charge on any atom is 0.322 e. The van der Waals surface area contributed by atoms with E-state index in [9.17, 15) is 4.79 Å². The van der Waals surface area contributed by atoms with Gasteiger partial charge in [-0.3, -0.25) is 0 Å². The molecule has 0 spiro atoms. The predicted molar refractivity (Wildman–Crippen MR) is 103 cm³/mol. The minimum Gasteiger partial charge on any atom is -0.494 e. The third kappa shape index (κ3) is 4.81. The van der Waals surface area contributed by atoms with E-state index in [1.165, 1.54) is 0 Å². The normalized spacial score (nSPS) is 17.0. The second kappa shape index (κ2) is 8.62. The van der Waals surface area contributed by atoms with Crippen molar-refractivity contribution >= 4 is 34.9 Å². The van der Waals surface area contributed by atoms with Crippen LogP contribution in [0.2, 0.25) is 10.0 Å². The summed E-state index contributed by atoms with van der Waals surface area (Å²) in [6, 6.07) is 12.4.